The molecule has 0 bridgehead atoms. The van der Waals surface area contributed by atoms with Crippen LogP contribution in [-0.4, -0.2) is 65.8 Å². The summed E-state index contributed by atoms with van der Waals surface area (Å²) in [4.78, 5) is 17.0. The minimum atomic E-state index is 0.0818. The van der Waals surface area contributed by atoms with E-state index in [1.54, 1.807) is 0 Å². The van der Waals surface area contributed by atoms with Crippen molar-refractivity contribution < 1.29 is 14.6 Å². The molecule has 1 amide bonds. The number of hydrogen-bond donors (Lipinski definition) is 1. The van der Waals surface area contributed by atoms with Crippen LogP contribution in [0.1, 0.15) is 42.6 Å². The first-order chi connectivity index (χ1) is 12.0. The number of rotatable bonds is 4. The van der Waals surface area contributed by atoms with Crippen molar-refractivity contribution in [3.63, 3.8) is 0 Å². The van der Waals surface area contributed by atoms with Gasteiger partial charge in [-0.1, -0.05) is 12.1 Å². The average Bonchev–Trinajstić information content (AvgIpc) is 2.61. The molecule has 3 rings (SSSR count). The Hall–Kier alpha value is -1.43. The molecule has 3 atom stereocenters. The molecule has 25 heavy (non-hydrogen) atoms. The Balaban J connectivity index is 1.59. The maximum absolute atomic E-state index is 12.7. The van der Waals surface area contributed by atoms with Gasteiger partial charge in [0.25, 0.3) is 5.91 Å². The molecular weight excluding hydrogens is 316 g/mol. The Kier molecular flexibility index (Phi) is 6.10. The summed E-state index contributed by atoms with van der Waals surface area (Å²) in [6, 6.07) is 8.00. The SMILES string of the molecule is CC1CN(Cc2ccc(C(=O)N3CCCC(CO)C3)cc2)CC(C)O1. The predicted octanol–water partition coefficient (Wildman–Crippen LogP) is 2.14. The van der Waals surface area contributed by atoms with E-state index in [2.05, 4.69) is 30.9 Å². The first-order valence-electron chi connectivity index (χ1n) is 9.42. The van der Waals surface area contributed by atoms with Crippen molar-refractivity contribution >= 4 is 5.91 Å². The number of morpholine rings is 1. The Bertz CT molecular complexity index is 565. The molecular formula is C20H30N2O3. The first kappa shape index (κ1) is 18.4. The first-order valence-corrected chi connectivity index (χ1v) is 9.42. The zero-order chi connectivity index (χ0) is 17.8. The monoisotopic (exact) mass is 346 g/mol. The highest BCUT2D eigenvalue weighted by Crippen LogP contribution is 2.19. The van der Waals surface area contributed by atoms with E-state index in [-0.39, 0.29) is 30.6 Å². The van der Waals surface area contributed by atoms with Gasteiger partial charge in [-0.2, -0.15) is 0 Å². The van der Waals surface area contributed by atoms with Crippen LogP contribution in [0, 0.1) is 5.92 Å². The Morgan fingerprint density at radius 2 is 1.84 bits per heavy atom. The lowest BCUT2D eigenvalue weighted by Gasteiger charge is -2.35. The molecule has 0 spiro atoms. The number of nitrogens with zero attached hydrogens (tertiary/aromatic N) is 2. The van der Waals surface area contributed by atoms with Crippen molar-refractivity contribution in [1.29, 1.82) is 0 Å². The summed E-state index contributed by atoms with van der Waals surface area (Å²) >= 11 is 0. The average molecular weight is 346 g/mol. The van der Waals surface area contributed by atoms with Gasteiger partial charge in [0.05, 0.1) is 12.2 Å². The molecule has 1 aromatic carbocycles. The molecule has 5 nitrogen and oxygen atoms in total. The van der Waals surface area contributed by atoms with Crippen molar-refractivity contribution in [2.75, 3.05) is 32.8 Å². The fraction of sp³-hybridized carbons (Fsp3) is 0.650. The van der Waals surface area contributed by atoms with Gasteiger partial charge in [-0.15, -0.1) is 0 Å². The number of ether oxygens (including phenoxy) is 1. The highest BCUT2D eigenvalue weighted by molar-refractivity contribution is 5.94. The normalized spacial score (nSPS) is 28.1. The van der Waals surface area contributed by atoms with Crippen LogP contribution >= 0.6 is 0 Å². The summed E-state index contributed by atoms with van der Waals surface area (Å²) in [7, 11) is 0. The topological polar surface area (TPSA) is 53.0 Å². The van der Waals surface area contributed by atoms with Crippen molar-refractivity contribution in [3.05, 3.63) is 35.4 Å². The van der Waals surface area contributed by atoms with Crippen LogP contribution in [-0.2, 0) is 11.3 Å². The van der Waals surface area contributed by atoms with E-state index in [4.69, 9.17) is 4.74 Å². The van der Waals surface area contributed by atoms with Gasteiger partial charge in [-0.3, -0.25) is 9.69 Å². The predicted molar refractivity (Wildman–Crippen MR) is 97.4 cm³/mol. The van der Waals surface area contributed by atoms with Gasteiger partial charge in [0.1, 0.15) is 0 Å². The number of carbonyl (C=O) groups is 1. The quantitative estimate of drug-likeness (QED) is 0.908. The van der Waals surface area contributed by atoms with Gasteiger partial charge in [0, 0.05) is 44.9 Å². The minimum absolute atomic E-state index is 0.0818. The van der Waals surface area contributed by atoms with Crippen molar-refractivity contribution in [2.45, 2.75) is 45.4 Å². The van der Waals surface area contributed by atoms with Gasteiger partial charge < -0.3 is 14.7 Å². The van der Waals surface area contributed by atoms with E-state index in [9.17, 15) is 9.90 Å². The highest BCUT2D eigenvalue weighted by atomic mass is 16.5. The molecule has 2 aliphatic heterocycles. The maximum atomic E-state index is 12.7. The fourth-order valence-electron chi connectivity index (χ4n) is 4.01. The van der Waals surface area contributed by atoms with E-state index < -0.39 is 0 Å². The van der Waals surface area contributed by atoms with Gasteiger partial charge in [0.2, 0.25) is 0 Å². The Morgan fingerprint density at radius 3 is 2.48 bits per heavy atom. The van der Waals surface area contributed by atoms with E-state index in [0.29, 0.717) is 6.54 Å². The molecule has 0 aliphatic carbocycles. The number of piperidine rings is 1. The van der Waals surface area contributed by atoms with E-state index in [1.165, 1.54) is 5.56 Å². The molecule has 2 heterocycles. The molecule has 0 saturated carbocycles. The smallest absolute Gasteiger partial charge is 0.253 e. The zero-order valence-corrected chi connectivity index (χ0v) is 15.4. The second-order valence-corrected chi connectivity index (χ2v) is 7.59. The molecule has 5 heteroatoms. The second kappa shape index (κ2) is 8.30. The fourth-order valence-corrected chi connectivity index (χ4v) is 4.01. The van der Waals surface area contributed by atoms with Crippen LogP contribution in [0.2, 0.25) is 0 Å². The number of likely N-dealkylation sites (tertiary alicyclic amines) is 1. The van der Waals surface area contributed by atoms with Crippen LogP contribution in [0.25, 0.3) is 0 Å². The largest absolute Gasteiger partial charge is 0.396 e. The molecule has 2 aliphatic rings. The second-order valence-electron chi connectivity index (χ2n) is 7.59. The van der Waals surface area contributed by atoms with Crippen LogP contribution in [0.3, 0.4) is 0 Å². The Labute approximate surface area is 150 Å². The molecule has 3 unspecified atom stereocenters. The summed E-state index contributed by atoms with van der Waals surface area (Å²) in [6.45, 7) is 8.64. The van der Waals surface area contributed by atoms with Crippen LogP contribution in [0.4, 0.5) is 0 Å². The third kappa shape index (κ3) is 4.81. The summed E-state index contributed by atoms with van der Waals surface area (Å²) in [5.74, 6) is 0.306. The lowest BCUT2D eigenvalue weighted by molar-refractivity contribution is -0.0704. The number of aliphatic hydroxyl groups is 1. The van der Waals surface area contributed by atoms with Gasteiger partial charge in [-0.25, -0.2) is 0 Å². The van der Waals surface area contributed by atoms with E-state index >= 15 is 0 Å². The molecule has 138 valence electrons. The summed E-state index contributed by atoms with van der Waals surface area (Å²) < 4.78 is 5.78. The third-order valence-corrected chi connectivity index (χ3v) is 5.17. The number of carbonyl (C=O) groups excluding carboxylic acids is 1. The lowest BCUT2D eigenvalue weighted by atomic mass is 9.98. The molecule has 0 aromatic heterocycles. The molecule has 1 aromatic rings. The summed E-state index contributed by atoms with van der Waals surface area (Å²) in [5.41, 5.74) is 1.97. The molecule has 1 N–H and O–H groups in total. The van der Waals surface area contributed by atoms with Crippen molar-refractivity contribution in [2.24, 2.45) is 5.92 Å². The molecule has 2 saturated heterocycles. The van der Waals surface area contributed by atoms with Crippen LogP contribution in [0.15, 0.2) is 24.3 Å². The van der Waals surface area contributed by atoms with Crippen molar-refractivity contribution in [3.8, 4) is 0 Å². The van der Waals surface area contributed by atoms with E-state index in [1.807, 2.05) is 17.0 Å². The van der Waals surface area contributed by atoms with Gasteiger partial charge >= 0.3 is 0 Å². The van der Waals surface area contributed by atoms with Crippen LogP contribution < -0.4 is 0 Å². The number of aliphatic hydroxyl groups excluding tert-OH is 1. The number of benzene rings is 1. The van der Waals surface area contributed by atoms with Gasteiger partial charge in [0.15, 0.2) is 0 Å². The molecule has 2 fully saturated rings. The standard InChI is InChI=1S/C20H30N2O3/c1-15-10-21(11-16(2)25-15)12-17-5-7-19(8-6-17)20(24)22-9-3-4-18(13-22)14-23/h5-8,15-16,18,23H,3-4,9-14H2,1-2H3. The van der Waals surface area contributed by atoms with Crippen LogP contribution in [0.5, 0.6) is 0 Å². The third-order valence-electron chi connectivity index (χ3n) is 5.17. The highest BCUT2D eigenvalue weighted by Gasteiger charge is 2.24. The van der Waals surface area contributed by atoms with Gasteiger partial charge in [-0.05, 0) is 50.3 Å². The lowest BCUT2D eigenvalue weighted by Crippen LogP contribution is -2.44. The van der Waals surface area contributed by atoms with E-state index in [0.717, 1.165) is 44.6 Å². The summed E-state index contributed by atoms with van der Waals surface area (Å²) in [6.07, 6.45) is 2.52. The number of amides is 1. The van der Waals surface area contributed by atoms with Crippen molar-refractivity contribution in [1.82, 2.24) is 9.80 Å². The Morgan fingerprint density at radius 1 is 1.16 bits per heavy atom. The zero-order valence-electron chi connectivity index (χ0n) is 15.4. The number of hydrogen-bond acceptors (Lipinski definition) is 4. The molecule has 0 radical (unpaired) electrons. The minimum Gasteiger partial charge on any atom is -0.396 e. The maximum Gasteiger partial charge on any atom is 0.253 e. The summed E-state index contributed by atoms with van der Waals surface area (Å²) in [5, 5.41) is 9.34.